The van der Waals surface area contributed by atoms with Gasteiger partial charge in [0, 0.05) is 88.1 Å². The van der Waals surface area contributed by atoms with Crippen LogP contribution in [-0.4, -0.2) is 105 Å². The Morgan fingerprint density at radius 1 is 0.630 bits per heavy atom. The van der Waals surface area contributed by atoms with Crippen LogP contribution in [0.4, 0.5) is 34.9 Å². The number of carbonyl (C=O) groups is 2. The number of nitrogens with one attached hydrogen (secondary N) is 1. The molecule has 0 aliphatic rings. The van der Waals surface area contributed by atoms with Gasteiger partial charge >= 0.3 is 0 Å². The van der Waals surface area contributed by atoms with Crippen molar-refractivity contribution in [2.24, 2.45) is 0 Å². The van der Waals surface area contributed by atoms with Gasteiger partial charge in [-0.1, -0.05) is 35.3 Å². The Morgan fingerprint density at radius 3 is 1.62 bits per heavy atom. The predicted molar refractivity (Wildman–Crippen MR) is 284 cm³/mol. The van der Waals surface area contributed by atoms with Crippen molar-refractivity contribution in [3.05, 3.63) is 128 Å². The van der Waals surface area contributed by atoms with Crippen LogP contribution in [0.3, 0.4) is 0 Å². The van der Waals surface area contributed by atoms with E-state index in [9.17, 15) is 9.59 Å². The maximum absolute atomic E-state index is 12.8. The Hall–Kier alpha value is -8.36. The summed E-state index contributed by atoms with van der Waals surface area (Å²) in [6.45, 7) is 0.630. The molecule has 0 fully saturated rings. The fourth-order valence-electron chi connectivity index (χ4n) is 8.10. The molecule has 4 heterocycles. The second-order valence-electron chi connectivity index (χ2n) is 17.0. The molecule has 2 amide bonds. The van der Waals surface area contributed by atoms with Crippen molar-refractivity contribution in [2.45, 2.75) is 25.9 Å². The van der Waals surface area contributed by atoms with Crippen LogP contribution in [-0.2, 0) is 25.9 Å². The van der Waals surface area contributed by atoms with E-state index in [4.69, 9.17) is 73.9 Å². The number of hydrogen-bond acceptors (Lipinski definition) is 18. The van der Waals surface area contributed by atoms with E-state index in [2.05, 4.69) is 25.3 Å². The highest BCUT2D eigenvalue weighted by molar-refractivity contribution is 6.38. The van der Waals surface area contributed by atoms with Crippen LogP contribution in [0.5, 0.6) is 23.0 Å². The van der Waals surface area contributed by atoms with Crippen molar-refractivity contribution in [3.8, 4) is 23.0 Å². The number of amides is 2. The molecule has 8 rings (SSSR count). The molecule has 0 saturated heterocycles. The van der Waals surface area contributed by atoms with Crippen LogP contribution >= 0.6 is 23.2 Å². The first-order chi connectivity index (χ1) is 34.9. The Labute approximate surface area is 431 Å². The van der Waals surface area contributed by atoms with Crippen molar-refractivity contribution in [1.29, 1.82) is 0 Å². The summed E-state index contributed by atoms with van der Waals surface area (Å²) in [6.07, 6.45) is 4.05. The number of anilines is 6. The molecule has 20 nitrogen and oxygen atoms in total. The van der Waals surface area contributed by atoms with Crippen LogP contribution in [0, 0.1) is 0 Å². The van der Waals surface area contributed by atoms with Crippen LogP contribution in [0.15, 0.2) is 81.9 Å². The molecule has 0 bridgehead atoms. The number of methoxy groups -OCH3 is 4. The molecule has 8 aromatic rings. The van der Waals surface area contributed by atoms with Crippen molar-refractivity contribution < 1.29 is 37.4 Å². The number of para-hydroxylation sites is 1. The van der Waals surface area contributed by atoms with Crippen molar-refractivity contribution in [2.75, 3.05) is 96.8 Å². The third-order valence-corrected chi connectivity index (χ3v) is 12.3. The highest BCUT2D eigenvalue weighted by atomic mass is 35.5. The summed E-state index contributed by atoms with van der Waals surface area (Å²) in [5, 5.41) is 5.47. The van der Waals surface area contributed by atoms with Gasteiger partial charge in [-0.25, -0.2) is 9.97 Å². The van der Waals surface area contributed by atoms with E-state index in [0.29, 0.717) is 92.7 Å². The summed E-state index contributed by atoms with van der Waals surface area (Å²) in [6, 6.07) is 18.3. The molecule has 0 saturated carbocycles. The van der Waals surface area contributed by atoms with Crippen LogP contribution in [0.1, 0.15) is 54.5 Å². The summed E-state index contributed by atoms with van der Waals surface area (Å²) < 4.78 is 34.8. The van der Waals surface area contributed by atoms with E-state index in [-0.39, 0.29) is 46.7 Å². The Bertz CT molecular complexity index is 3340. The monoisotopic (exact) mass is 1030 g/mol. The Morgan fingerprint density at radius 2 is 1.12 bits per heavy atom. The molecule has 0 atom stereocenters. The largest absolute Gasteiger partial charge is 0.493 e. The molecule has 22 heteroatoms. The summed E-state index contributed by atoms with van der Waals surface area (Å²) in [7, 11) is 14.9. The average molecular weight is 1040 g/mol. The van der Waals surface area contributed by atoms with Crippen LogP contribution in [0.2, 0.25) is 10.0 Å². The zero-order valence-corrected chi connectivity index (χ0v) is 43.2. The van der Waals surface area contributed by atoms with E-state index in [1.54, 1.807) is 78.9 Å². The standard InChI is InChI=1S/C26H30N6O4.C25H26Cl2N6O4/c1-31(2)25(33)18-8-6-7-9-20(18)32(3)14-17-12-19-15(10-16-13-29-26(28)30-24(16)27)11-21(34-4)23(35-5)22(19)36-17;1-33(2)24(34)19-16(26)5-6-17(27)20(19)30-11-14-9-15-12(7-13-10-31-25(29)32-23(13)28)8-18(35-3)22(36-4)21(15)37-14/h6-9,11-13H,10,14H2,1-5H3,(H4,27,28,29,30);5-6,8-10,30H,7,11H2,1-4H3,(H4,28,29,31,32). The lowest BCUT2D eigenvalue weighted by atomic mass is 10.0. The maximum Gasteiger partial charge on any atom is 0.257 e. The molecule has 382 valence electrons. The molecule has 0 aliphatic heterocycles. The molecule has 0 spiro atoms. The van der Waals surface area contributed by atoms with Crippen LogP contribution in [0.25, 0.3) is 21.9 Å². The van der Waals surface area contributed by atoms with E-state index < -0.39 is 0 Å². The van der Waals surface area contributed by atoms with Gasteiger partial charge in [-0.05, 0) is 59.7 Å². The van der Waals surface area contributed by atoms with E-state index in [0.717, 1.165) is 33.2 Å². The molecule has 0 radical (unpaired) electrons. The zero-order valence-electron chi connectivity index (χ0n) is 41.7. The first-order valence-corrected chi connectivity index (χ1v) is 23.1. The second kappa shape index (κ2) is 22.4. The molecule has 0 aliphatic carbocycles. The van der Waals surface area contributed by atoms with Gasteiger partial charge in [0.25, 0.3) is 11.8 Å². The lowest BCUT2D eigenvalue weighted by molar-refractivity contribution is 0.0821. The Kier molecular flexibility index (Phi) is 16.1. The molecular weight excluding hydrogens is 980 g/mol. The number of nitrogens with two attached hydrogens (primary N) is 4. The number of aromatic nitrogens is 4. The number of nitrogen functional groups attached to an aromatic ring is 4. The van der Waals surface area contributed by atoms with Crippen LogP contribution < -0.4 is 52.1 Å². The van der Waals surface area contributed by atoms with Gasteiger partial charge in [-0.2, -0.15) is 9.97 Å². The highest BCUT2D eigenvalue weighted by Gasteiger charge is 2.25. The summed E-state index contributed by atoms with van der Waals surface area (Å²) in [4.78, 5) is 46.7. The number of fused-ring (bicyclic) bond motifs is 2. The van der Waals surface area contributed by atoms with Crippen molar-refractivity contribution in [1.82, 2.24) is 29.7 Å². The van der Waals surface area contributed by atoms with Gasteiger partial charge in [-0.3, -0.25) is 9.59 Å². The van der Waals surface area contributed by atoms with Gasteiger partial charge in [0.1, 0.15) is 23.2 Å². The number of rotatable bonds is 16. The first-order valence-electron chi connectivity index (χ1n) is 22.4. The number of nitrogens with zero attached hydrogens (tertiary/aromatic N) is 7. The first kappa shape index (κ1) is 52.5. The molecule has 73 heavy (non-hydrogen) atoms. The second-order valence-corrected chi connectivity index (χ2v) is 17.8. The van der Waals surface area contributed by atoms with E-state index in [1.165, 1.54) is 12.0 Å². The zero-order chi connectivity index (χ0) is 52.8. The van der Waals surface area contributed by atoms with Crippen molar-refractivity contribution in [3.63, 3.8) is 0 Å². The van der Waals surface area contributed by atoms with E-state index in [1.807, 2.05) is 60.5 Å². The maximum atomic E-state index is 12.8. The molecule has 9 N–H and O–H groups in total. The van der Waals surface area contributed by atoms with Gasteiger partial charge < -0.3 is 70.7 Å². The summed E-state index contributed by atoms with van der Waals surface area (Å²) in [5.74, 6) is 3.68. The highest BCUT2D eigenvalue weighted by Crippen LogP contribution is 2.43. The predicted octanol–water partition coefficient (Wildman–Crippen LogP) is 7.95. The fourth-order valence-corrected chi connectivity index (χ4v) is 8.57. The van der Waals surface area contributed by atoms with Gasteiger partial charge in [0.2, 0.25) is 23.4 Å². The average Bonchev–Trinajstić information content (AvgIpc) is 4.00. The SMILES string of the molecule is COc1cc(Cc2cnc(N)nc2N)c2cc(CN(C)c3ccccc3C(=O)N(C)C)oc2c1OC.COc1cc(Cc2cnc(N)nc2N)c2cc(CNc3c(Cl)ccc(Cl)c3C(=O)N(C)C)oc2c1OC. The lowest BCUT2D eigenvalue weighted by Crippen LogP contribution is -2.25. The topological polar surface area (TPSA) is 275 Å². The molecule has 0 unspecified atom stereocenters. The normalized spacial score (nSPS) is 10.9. The number of benzene rings is 4. The minimum absolute atomic E-state index is 0.0703. The third kappa shape index (κ3) is 11.2. The number of hydrogen-bond donors (Lipinski definition) is 5. The number of halogens is 2. The Balaban J connectivity index is 0.000000214. The lowest BCUT2D eigenvalue weighted by Gasteiger charge is -2.22. The number of carbonyl (C=O) groups excluding carboxylic acids is 2. The minimum atomic E-state index is -0.281. The van der Waals surface area contributed by atoms with Gasteiger partial charge in [0.15, 0.2) is 22.7 Å². The fraction of sp³-hybridized carbons (Fsp3) is 0.255. The van der Waals surface area contributed by atoms with Crippen molar-refractivity contribution >= 4 is 91.9 Å². The van der Waals surface area contributed by atoms with Gasteiger partial charge in [-0.15, -0.1) is 0 Å². The minimum Gasteiger partial charge on any atom is -0.493 e. The molecular formula is C51H56Cl2N12O8. The summed E-state index contributed by atoms with van der Waals surface area (Å²) >= 11 is 12.8. The number of ether oxygens (including phenoxy) is 4. The third-order valence-electron chi connectivity index (χ3n) is 11.7. The summed E-state index contributed by atoms with van der Waals surface area (Å²) in [5.41, 5.74) is 29.8. The van der Waals surface area contributed by atoms with E-state index >= 15 is 0 Å². The quantitative estimate of drug-likeness (QED) is 0.0614. The smallest absolute Gasteiger partial charge is 0.257 e. The molecule has 4 aromatic carbocycles. The molecule has 4 aromatic heterocycles. The number of furan rings is 2. The van der Waals surface area contributed by atoms with Gasteiger partial charge in [0.05, 0.1) is 68.4 Å².